The normalized spacial score (nSPS) is 15.6. The molecule has 1 aliphatic heterocycles. The molecule has 1 amide bonds. The summed E-state index contributed by atoms with van der Waals surface area (Å²) in [4.78, 5) is 25.4. The molecule has 128 valence electrons. The van der Waals surface area contributed by atoms with E-state index in [-0.39, 0.29) is 11.5 Å². The van der Waals surface area contributed by atoms with Crippen LogP contribution in [-0.2, 0) is 4.79 Å². The van der Waals surface area contributed by atoms with Crippen molar-refractivity contribution in [2.24, 2.45) is 5.10 Å². The Kier molecular flexibility index (Phi) is 4.14. The number of hydrogen-bond donors (Lipinski definition) is 1. The maximum Gasteiger partial charge on any atom is 0.335 e. The smallest absolute Gasteiger partial charge is 0.335 e. The van der Waals surface area contributed by atoms with E-state index in [9.17, 15) is 9.59 Å². The van der Waals surface area contributed by atoms with Gasteiger partial charge in [-0.2, -0.15) is 10.1 Å². The second-order valence-corrected chi connectivity index (χ2v) is 5.78. The van der Waals surface area contributed by atoms with Crippen molar-refractivity contribution in [3.63, 3.8) is 0 Å². The lowest BCUT2D eigenvalue weighted by Gasteiger charge is -2.11. The topological polar surface area (TPSA) is 86.3 Å². The van der Waals surface area contributed by atoms with Crippen LogP contribution in [0.1, 0.15) is 23.0 Å². The molecule has 2 aromatic rings. The van der Waals surface area contributed by atoms with Crippen LogP contribution in [0.25, 0.3) is 6.08 Å². The van der Waals surface area contributed by atoms with Crippen molar-refractivity contribution >= 4 is 35.2 Å². The molecule has 0 saturated carbocycles. The molecule has 0 atom stereocenters. The van der Waals surface area contributed by atoms with Gasteiger partial charge in [0.15, 0.2) is 5.88 Å². The molecule has 1 aromatic heterocycles. The number of rotatable bonds is 4. The van der Waals surface area contributed by atoms with Gasteiger partial charge < -0.3 is 14.4 Å². The predicted molar refractivity (Wildman–Crippen MR) is 95.0 cm³/mol. The third-order valence-electron chi connectivity index (χ3n) is 3.76. The average Bonchev–Trinajstić information content (AvgIpc) is 3.15. The molecule has 0 spiro atoms. The molecule has 0 aliphatic carbocycles. The van der Waals surface area contributed by atoms with Crippen LogP contribution in [0.15, 0.2) is 51.5 Å². The predicted octanol–water partition coefficient (Wildman–Crippen LogP) is 2.85. The SMILES string of the molecule is CC1=NN(c2ccc(C(=O)O)cc2)C(=O)C1=Cc1ccc(N(C)C)o1. The minimum absolute atomic E-state index is 0.152. The Labute approximate surface area is 144 Å². The third-order valence-corrected chi connectivity index (χ3v) is 3.76. The van der Waals surface area contributed by atoms with Crippen LogP contribution in [0.3, 0.4) is 0 Å². The van der Waals surface area contributed by atoms with Crippen molar-refractivity contribution in [3.8, 4) is 0 Å². The van der Waals surface area contributed by atoms with E-state index in [4.69, 9.17) is 9.52 Å². The Bertz CT molecular complexity index is 891. The highest BCUT2D eigenvalue weighted by Gasteiger charge is 2.29. The van der Waals surface area contributed by atoms with E-state index < -0.39 is 5.97 Å². The quantitative estimate of drug-likeness (QED) is 0.866. The van der Waals surface area contributed by atoms with E-state index in [1.807, 2.05) is 25.1 Å². The first kappa shape index (κ1) is 16.5. The molecule has 25 heavy (non-hydrogen) atoms. The Balaban J connectivity index is 1.87. The van der Waals surface area contributed by atoms with E-state index in [0.717, 1.165) is 0 Å². The molecule has 0 bridgehead atoms. The lowest BCUT2D eigenvalue weighted by molar-refractivity contribution is -0.114. The van der Waals surface area contributed by atoms with E-state index in [1.54, 1.807) is 31.2 Å². The molecule has 0 unspecified atom stereocenters. The zero-order chi connectivity index (χ0) is 18.1. The molecule has 0 radical (unpaired) electrons. The van der Waals surface area contributed by atoms with Crippen LogP contribution in [0, 0.1) is 0 Å². The number of carboxylic acid groups (broad SMARTS) is 1. The second-order valence-electron chi connectivity index (χ2n) is 5.78. The van der Waals surface area contributed by atoms with E-state index in [2.05, 4.69) is 5.10 Å². The van der Waals surface area contributed by atoms with Gasteiger partial charge in [0.25, 0.3) is 5.91 Å². The van der Waals surface area contributed by atoms with Crippen molar-refractivity contribution in [2.75, 3.05) is 24.0 Å². The van der Waals surface area contributed by atoms with Gasteiger partial charge in [-0.25, -0.2) is 4.79 Å². The summed E-state index contributed by atoms with van der Waals surface area (Å²) in [6.07, 6.45) is 1.65. The Morgan fingerprint density at radius 3 is 2.44 bits per heavy atom. The van der Waals surface area contributed by atoms with Gasteiger partial charge in [0.05, 0.1) is 22.5 Å². The molecule has 0 fully saturated rings. The van der Waals surface area contributed by atoms with Crippen molar-refractivity contribution < 1.29 is 19.1 Å². The van der Waals surface area contributed by atoms with E-state index in [0.29, 0.717) is 28.6 Å². The van der Waals surface area contributed by atoms with Crippen LogP contribution in [0.5, 0.6) is 0 Å². The summed E-state index contributed by atoms with van der Waals surface area (Å²) in [6.45, 7) is 1.74. The minimum Gasteiger partial charge on any atom is -0.478 e. The van der Waals surface area contributed by atoms with Crippen molar-refractivity contribution in [3.05, 3.63) is 53.3 Å². The number of furan rings is 1. The Morgan fingerprint density at radius 1 is 1.20 bits per heavy atom. The van der Waals surface area contributed by atoms with Gasteiger partial charge in [-0.15, -0.1) is 0 Å². The maximum absolute atomic E-state index is 12.7. The third kappa shape index (κ3) is 3.16. The van der Waals surface area contributed by atoms with Gasteiger partial charge >= 0.3 is 5.97 Å². The maximum atomic E-state index is 12.7. The van der Waals surface area contributed by atoms with Gasteiger partial charge in [0.2, 0.25) is 0 Å². The van der Waals surface area contributed by atoms with Gasteiger partial charge in [0.1, 0.15) is 5.76 Å². The summed E-state index contributed by atoms with van der Waals surface area (Å²) in [5.41, 5.74) is 1.65. The number of hydrogen-bond acceptors (Lipinski definition) is 5. The first-order valence-electron chi connectivity index (χ1n) is 7.59. The molecule has 0 saturated heterocycles. The standard InChI is InChI=1S/C18H17N3O4/c1-11-15(10-14-8-9-16(25-14)20(2)3)17(22)21(19-11)13-6-4-12(5-7-13)18(23)24/h4-10H,1-3H3,(H,23,24). The Morgan fingerprint density at radius 2 is 1.88 bits per heavy atom. The summed E-state index contributed by atoms with van der Waals surface area (Å²) in [5.74, 6) is -0.0601. The lowest BCUT2D eigenvalue weighted by atomic mass is 10.1. The molecular formula is C18H17N3O4. The monoisotopic (exact) mass is 339 g/mol. The zero-order valence-corrected chi connectivity index (χ0v) is 14.1. The molecule has 1 aliphatic rings. The number of carbonyl (C=O) groups is 2. The van der Waals surface area contributed by atoms with Gasteiger partial charge in [-0.05, 0) is 43.3 Å². The zero-order valence-electron chi connectivity index (χ0n) is 14.1. The molecule has 3 rings (SSSR count). The first-order valence-corrected chi connectivity index (χ1v) is 7.59. The van der Waals surface area contributed by atoms with E-state index >= 15 is 0 Å². The van der Waals surface area contributed by atoms with Crippen LogP contribution < -0.4 is 9.91 Å². The molecule has 7 nitrogen and oxygen atoms in total. The number of carbonyl (C=O) groups excluding carboxylic acids is 1. The van der Waals surface area contributed by atoms with Crippen LogP contribution in [-0.4, -0.2) is 36.8 Å². The first-order chi connectivity index (χ1) is 11.9. The second kappa shape index (κ2) is 6.27. The summed E-state index contributed by atoms with van der Waals surface area (Å²) in [6, 6.07) is 9.59. The van der Waals surface area contributed by atoms with Crippen molar-refractivity contribution in [2.45, 2.75) is 6.92 Å². The highest BCUT2D eigenvalue weighted by molar-refractivity contribution is 6.32. The van der Waals surface area contributed by atoms with E-state index in [1.165, 1.54) is 17.1 Å². The largest absolute Gasteiger partial charge is 0.478 e. The van der Waals surface area contributed by atoms with Crippen molar-refractivity contribution in [1.29, 1.82) is 0 Å². The fourth-order valence-corrected chi connectivity index (χ4v) is 2.41. The molecule has 1 aromatic carbocycles. The van der Waals surface area contributed by atoms with Gasteiger partial charge in [-0.3, -0.25) is 4.79 Å². The highest BCUT2D eigenvalue weighted by atomic mass is 16.4. The van der Waals surface area contributed by atoms with Crippen molar-refractivity contribution in [1.82, 2.24) is 0 Å². The molecule has 1 N–H and O–H groups in total. The summed E-state index contributed by atoms with van der Waals surface area (Å²) in [7, 11) is 3.73. The number of benzene rings is 1. The summed E-state index contributed by atoms with van der Waals surface area (Å²) < 4.78 is 5.65. The van der Waals surface area contributed by atoms with Crippen LogP contribution >= 0.6 is 0 Å². The Hall–Kier alpha value is -3.35. The number of amides is 1. The number of nitrogens with zero attached hydrogens (tertiary/aromatic N) is 3. The van der Waals surface area contributed by atoms with Gasteiger partial charge in [0, 0.05) is 20.2 Å². The summed E-state index contributed by atoms with van der Waals surface area (Å²) >= 11 is 0. The highest BCUT2D eigenvalue weighted by Crippen LogP contribution is 2.26. The number of hydrazone groups is 1. The number of anilines is 2. The minimum atomic E-state index is -1.02. The van der Waals surface area contributed by atoms with Crippen LogP contribution in [0.4, 0.5) is 11.6 Å². The molecule has 2 heterocycles. The fraction of sp³-hybridized carbons (Fsp3) is 0.167. The lowest BCUT2D eigenvalue weighted by Crippen LogP contribution is -2.21. The van der Waals surface area contributed by atoms with Gasteiger partial charge in [-0.1, -0.05) is 0 Å². The number of aromatic carboxylic acids is 1. The average molecular weight is 339 g/mol. The summed E-state index contributed by atoms with van der Waals surface area (Å²) in [5, 5.41) is 14.5. The number of carboxylic acids is 1. The fourth-order valence-electron chi connectivity index (χ4n) is 2.41. The molecular weight excluding hydrogens is 322 g/mol. The van der Waals surface area contributed by atoms with Crippen LogP contribution in [0.2, 0.25) is 0 Å². The molecule has 7 heteroatoms.